The lowest BCUT2D eigenvalue weighted by molar-refractivity contribution is -0.384. The third kappa shape index (κ3) is 6.55. The van der Waals surface area contributed by atoms with Gasteiger partial charge in [-0.2, -0.15) is 0 Å². The summed E-state index contributed by atoms with van der Waals surface area (Å²) in [5, 5.41) is 13.4. The first-order valence-electron chi connectivity index (χ1n) is 8.94. The molecule has 10 nitrogen and oxygen atoms in total. The number of nitrogens with one attached hydrogen (secondary N) is 2. The monoisotopic (exact) mass is 435 g/mol. The molecule has 1 amide bonds. The first-order valence-corrected chi connectivity index (χ1v) is 10.6. The van der Waals surface area contributed by atoms with Crippen LogP contribution in [0.25, 0.3) is 0 Å². The Morgan fingerprint density at radius 2 is 1.90 bits per heavy atom. The molecular formula is C19H21N3O7S. The standard InChI is InChI=1S/C19H21N3O7S/c1-3-9-30(27,28)21-15-6-4-5-14(11-15)19(24)29-12-18(23)20-16-8-7-13(2)10-17(16)22(25)26/h4-8,10-11,21H,3,9,12H2,1-2H3,(H,20,23). The van der Waals surface area contributed by atoms with E-state index in [4.69, 9.17) is 4.74 Å². The van der Waals surface area contributed by atoms with E-state index in [-0.39, 0.29) is 28.4 Å². The van der Waals surface area contributed by atoms with Gasteiger partial charge in [-0.05, 0) is 43.2 Å². The number of esters is 1. The Morgan fingerprint density at radius 1 is 1.17 bits per heavy atom. The number of hydrogen-bond acceptors (Lipinski definition) is 7. The minimum absolute atomic E-state index is 0.0148. The van der Waals surface area contributed by atoms with E-state index in [0.717, 1.165) is 0 Å². The SMILES string of the molecule is CCCS(=O)(=O)Nc1cccc(C(=O)OCC(=O)Nc2ccc(C)cc2[N+](=O)[O-])c1. The van der Waals surface area contributed by atoms with Crippen LogP contribution in [-0.2, 0) is 19.6 Å². The molecule has 160 valence electrons. The molecule has 0 atom stereocenters. The van der Waals surface area contributed by atoms with Gasteiger partial charge in [-0.15, -0.1) is 0 Å². The molecule has 0 bridgehead atoms. The van der Waals surface area contributed by atoms with Crippen LogP contribution in [-0.4, -0.2) is 37.6 Å². The molecule has 0 heterocycles. The number of carbonyl (C=O) groups is 2. The number of ether oxygens (including phenoxy) is 1. The molecular weight excluding hydrogens is 414 g/mol. The molecule has 0 spiro atoms. The number of aryl methyl sites for hydroxylation is 1. The molecule has 0 saturated carbocycles. The highest BCUT2D eigenvalue weighted by Crippen LogP contribution is 2.25. The number of sulfonamides is 1. The summed E-state index contributed by atoms with van der Waals surface area (Å²) in [5.74, 6) is -1.66. The second kappa shape index (κ2) is 9.83. The van der Waals surface area contributed by atoms with Crippen LogP contribution in [0.4, 0.5) is 17.1 Å². The van der Waals surface area contributed by atoms with Crippen molar-refractivity contribution in [2.24, 2.45) is 0 Å². The van der Waals surface area contributed by atoms with E-state index in [0.29, 0.717) is 12.0 Å². The van der Waals surface area contributed by atoms with Crippen molar-refractivity contribution in [3.05, 3.63) is 63.7 Å². The molecule has 2 aromatic rings. The van der Waals surface area contributed by atoms with Gasteiger partial charge in [-0.1, -0.05) is 19.1 Å². The summed E-state index contributed by atoms with van der Waals surface area (Å²) in [6.45, 7) is 2.73. The summed E-state index contributed by atoms with van der Waals surface area (Å²) < 4.78 is 31.0. The normalized spacial score (nSPS) is 10.9. The molecule has 2 aromatic carbocycles. The third-order valence-corrected chi connectivity index (χ3v) is 5.30. The van der Waals surface area contributed by atoms with Gasteiger partial charge in [0.1, 0.15) is 5.69 Å². The average molecular weight is 435 g/mol. The van der Waals surface area contributed by atoms with Crippen LogP contribution >= 0.6 is 0 Å². The van der Waals surface area contributed by atoms with Gasteiger partial charge in [0, 0.05) is 11.8 Å². The first kappa shape index (κ1) is 22.8. The predicted molar refractivity (Wildman–Crippen MR) is 111 cm³/mol. The van der Waals surface area contributed by atoms with E-state index in [1.54, 1.807) is 19.9 Å². The van der Waals surface area contributed by atoms with Crippen LogP contribution in [0.15, 0.2) is 42.5 Å². The minimum atomic E-state index is -3.52. The van der Waals surface area contributed by atoms with Gasteiger partial charge in [0.25, 0.3) is 11.6 Å². The Kier molecular flexibility index (Phi) is 7.48. The van der Waals surface area contributed by atoms with E-state index < -0.39 is 33.4 Å². The van der Waals surface area contributed by atoms with Crippen molar-refractivity contribution in [3.63, 3.8) is 0 Å². The van der Waals surface area contributed by atoms with Crippen molar-refractivity contribution in [2.75, 3.05) is 22.4 Å². The molecule has 0 unspecified atom stereocenters. The quantitative estimate of drug-likeness (QED) is 0.350. The van der Waals surface area contributed by atoms with Crippen molar-refractivity contribution in [3.8, 4) is 0 Å². The molecule has 0 fully saturated rings. The van der Waals surface area contributed by atoms with Crippen LogP contribution in [0.1, 0.15) is 29.3 Å². The molecule has 0 aliphatic carbocycles. The molecule has 0 radical (unpaired) electrons. The lowest BCUT2D eigenvalue weighted by Crippen LogP contribution is -2.21. The number of amides is 1. The molecule has 0 saturated heterocycles. The molecule has 0 aliphatic rings. The predicted octanol–water partition coefficient (Wildman–Crippen LogP) is 2.85. The Bertz CT molecular complexity index is 1070. The summed E-state index contributed by atoms with van der Waals surface area (Å²) in [4.78, 5) is 34.7. The highest BCUT2D eigenvalue weighted by Gasteiger charge is 2.18. The molecule has 2 N–H and O–H groups in total. The van der Waals surface area contributed by atoms with Crippen molar-refractivity contribution in [1.82, 2.24) is 0 Å². The van der Waals surface area contributed by atoms with Gasteiger partial charge in [0.2, 0.25) is 10.0 Å². The number of anilines is 2. The second-order valence-corrected chi connectivity index (χ2v) is 8.25. The van der Waals surface area contributed by atoms with E-state index in [9.17, 15) is 28.1 Å². The third-order valence-electron chi connectivity index (χ3n) is 3.80. The smallest absolute Gasteiger partial charge is 0.338 e. The molecule has 0 aliphatic heterocycles. The fourth-order valence-corrected chi connectivity index (χ4v) is 3.63. The largest absolute Gasteiger partial charge is 0.452 e. The second-order valence-electron chi connectivity index (χ2n) is 6.40. The first-order chi connectivity index (χ1) is 14.1. The Labute approximate surface area is 173 Å². The summed E-state index contributed by atoms with van der Waals surface area (Å²) in [6, 6.07) is 9.94. The van der Waals surface area contributed by atoms with Gasteiger partial charge in [0.05, 0.1) is 16.2 Å². The number of carbonyl (C=O) groups excluding carboxylic acids is 2. The summed E-state index contributed by atoms with van der Waals surface area (Å²) in [7, 11) is -3.52. The van der Waals surface area contributed by atoms with Crippen LogP contribution < -0.4 is 10.0 Å². The fraction of sp³-hybridized carbons (Fsp3) is 0.263. The lowest BCUT2D eigenvalue weighted by atomic mass is 10.2. The number of hydrogen-bond donors (Lipinski definition) is 2. The topological polar surface area (TPSA) is 145 Å². The number of benzene rings is 2. The van der Waals surface area contributed by atoms with Crippen molar-refractivity contribution in [1.29, 1.82) is 0 Å². The molecule has 2 rings (SSSR count). The van der Waals surface area contributed by atoms with Crippen molar-refractivity contribution in [2.45, 2.75) is 20.3 Å². The maximum atomic E-state index is 12.2. The van der Waals surface area contributed by atoms with Gasteiger partial charge in [-0.3, -0.25) is 19.6 Å². The van der Waals surface area contributed by atoms with E-state index in [1.165, 1.54) is 36.4 Å². The van der Waals surface area contributed by atoms with E-state index in [1.807, 2.05) is 0 Å². The maximum Gasteiger partial charge on any atom is 0.338 e. The van der Waals surface area contributed by atoms with Gasteiger partial charge in [-0.25, -0.2) is 13.2 Å². The van der Waals surface area contributed by atoms with Gasteiger partial charge < -0.3 is 10.1 Å². The average Bonchev–Trinajstić information content (AvgIpc) is 2.67. The van der Waals surface area contributed by atoms with Crippen LogP contribution in [0, 0.1) is 17.0 Å². The molecule has 11 heteroatoms. The fourth-order valence-electron chi connectivity index (χ4n) is 2.51. The number of nitro benzene ring substituents is 1. The lowest BCUT2D eigenvalue weighted by Gasteiger charge is -2.10. The Balaban J connectivity index is 2.00. The number of nitro groups is 1. The van der Waals surface area contributed by atoms with E-state index in [2.05, 4.69) is 10.0 Å². The van der Waals surface area contributed by atoms with Crippen LogP contribution in [0.3, 0.4) is 0 Å². The number of rotatable bonds is 9. The van der Waals surface area contributed by atoms with Crippen molar-refractivity contribution >= 4 is 39.0 Å². The summed E-state index contributed by atoms with van der Waals surface area (Å²) >= 11 is 0. The highest BCUT2D eigenvalue weighted by atomic mass is 32.2. The molecule has 30 heavy (non-hydrogen) atoms. The van der Waals surface area contributed by atoms with Crippen LogP contribution in [0.2, 0.25) is 0 Å². The Hall–Kier alpha value is -3.47. The van der Waals surface area contributed by atoms with Crippen molar-refractivity contribution < 1.29 is 27.7 Å². The zero-order valence-electron chi connectivity index (χ0n) is 16.4. The summed E-state index contributed by atoms with van der Waals surface area (Å²) in [5.41, 5.74) is 0.597. The molecule has 0 aromatic heterocycles. The van der Waals surface area contributed by atoms with Crippen LogP contribution in [0.5, 0.6) is 0 Å². The zero-order valence-corrected chi connectivity index (χ0v) is 17.2. The highest BCUT2D eigenvalue weighted by molar-refractivity contribution is 7.92. The summed E-state index contributed by atoms with van der Waals surface area (Å²) in [6.07, 6.45) is 0.436. The number of nitrogens with zero attached hydrogens (tertiary/aromatic N) is 1. The van der Waals surface area contributed by atoms with E-state index >= 15 is 0 Å². The minimum Gasteiger partial charge on any atom is -0.452 e. The van der Waals surface area contributed by atoms with Gasteiger partial charge >= 0.3 is 5.97 Å². The maximum absolute atomic E-state index is 12.2. The van der Waals surface area contributed by atoms with Gasteiger partial charge in [0.15, 0.2) is 6.61 Å². The zero-order chi connectivity index (χ0) is 22.3. The Morgan fingerprint density at radius 3 is 2.57 bits per heavy atom.